The summed E-state index contributed by atoms with van der Waals surface area (Å²) < 4.78 is 10.6. The minimum Gasteiger partial charge on any atom is -0.338 e. The number of thioether (sulfide) groups is 1. The normalized spacial score (nSPS) is 11.0. The number of aromatic nitrogens is 4. The Labute approximate surface area is 152 Å². The van der Waals surface area contributed by atoms with Gasteiger partial charge in [0.1, 0.15) is 0 Å². The molecule has 0 N–H and O–H groups in total. The largest absolute Gasteiger partial charge is 0.338 e. The summed E-state index contributed by atoms with van der Waals surface area (Å²) in [6.07, 6.45) is 0.671. The number of rotatable bonds is 7. The van der Waals surface area contributed by atoms with Crippen molar-refractivity contribution in [3.05, 3.63) is 70.9 Å². The standard InChI is InChI=1S/C17H14N4O2S2/c1-2-5-12(6-3-1)9-14-18-16(22-20-14)11-24-10-15-19-17(23-21-15)13-7-4-8-25-13/h1-8H,9-11H2. The molecule has 4 aromatic rings. The lowest BCUT2D eigenvalue weighted by Crippen LogP contribution is -1.91. The molecule has 0 radical (unpaired) electrons. The lowest BCUT2D eigenvalue weighted by Gasteiger charge is -1.94. The summed E-state index contributed by atoms with van der Waals surface area (Å²) in [4.78, 5) is 9.79. The molecule has 0 aliphatic rings. The van der Waals surface area contributed by atoms with Crippen LogP contribution in [0.3, 0.4) is 0 Å². The van der Waals surface area contributed by atoms with Crippen molar-refractivity contribution in [3.8, 4) is 10.8 Å². The molecule has 0 unspecified atom stereocenters. The Bertz CT molecular complexity index is 919. The van der Waals surface area contributed by atoms with Gasteiger partial charge in [-0.1, -0.05) is 46.7 Å². The molecule has 4 rings (SSSR count). The van der Waals surface area contributed by atoms with Crippen molar-refractivity contribution in [2.45, 2.75) is 17.9 Å². The van der Waals surface area contributed by atoms with Crippen molar-refractivity contribution < 1.29 is 9.05 Å². The molecule has 0 amide bonds. The van der Waals surface area contributed by atoms with Gasteiger partial charge in [-0.15, -0.1) is 23.1 Å². The summed E-state index contributed by atoms with van der Waals surface area (Å²) in [7, 11) is 0. The Morgan fingerprint density at radius 3 is 2.60 bits per heavy atom. The molecule has 25 heavy (non-hydrogen) atoms. The molecule has 0 aliphatic carbocycles. The van der Waals surface area contributed by atoms with Crippen LogP contribution in [0, 0.1) is 0 Å². The maximum absolute atomic E-state index is 5.29. The highest BCUT2D eigenvalue weighted by molar-refractivity contribution is 7.97. The second-order valence-electron chi connectivity index (χ2n) is 5.25. The van der Waals surface area contributed by atoms with E-state index in [-0.39, 0.29) is 0 Å². The molecule has 0 spiro atoms. The van der Waals surface area contributed by atoms with Crippen LogP contribution in [0.15, 0.2) is 56.9 Å². The number of hydrogen-bond acceptors (Lipinski definition) is 8. The van der Waals surface area contributed by atoms with Gasteiger partial charge in [0.05, 0.1) is 16.4 Å². The van der Waals surface area contributed by atoms with Gasteiger partial charge >= 0.3 is 0 Å². The molecule has 0 bridgehead atoms. The van der Waals surface area contributed by atoms with Gasteiger partial charge in [-0.25, -0.2) is 0 Å². The SMILES string of the molecule is c1ccc(Cc2noc(CSCc3noc(-c4cccs4)n3)n2)cc1. The Kier molecular flexibility index (Phi) is 4.89. The molecule has 0 saturated heterocycles. The smallest absolute Gasteiger partial charge is 0.268 e. The second kappa shape index (κ2) is 7.62. The van der Waals surface area contributed by atoms with Crippen LogP contribution >= 0.6 is 23.1 Å². The van der Waals surface area contributed by atoms with Crippen molar-refractivity contribution in [1.29, 1.82) is 0 Å². The Morgan fingerprint density at radius 1 is 0.880 bits per heavy atom. The molecule has 8 heteroatoms. The molecular weight excluding hydrogens is 356 g/mol. The summed E-state index contributed by atoms with van der Waals surface area (Å²) in [5, 5.41) is 10.0. The fourth-order valence-electron chi connectivity index (χ4n) is 2.24. The minimum absolute atomic E-state index is 0.563. The molecule has 1 aromatic carbocycles. The molecule has 0 saturated carbocycles. The zero-order valence-corrected chi connectivity index (χ0v) is 14.8. The van der Waals surface area contributed by atoms with E-state index >= 15 is 0 Å². The summed E-state index contributed by atoms with van der Waals surface area (Å²) >= 11 is 3.19. The first kappa shape index (κ1) is 16.0. The van der Waals surface area contributed by atoms with E-state index in [1.54, 1.807) is 23.1 Å². The molecule has 0 aliphatic heterocycles. The Balaban J connectivity index is 1.29. The van der Waals surface area contributed by atoms with Crippen LogP contribution in [0.5, 0.6) is 0 Å². The predicted octanol–water partition coefficient (Wildman–Crippen LogP) is 4.21. The zero-order valence-electron chi connectivity index (χ0n) is 13.2. The van der Waals surface area contributed by atoms with Gasteiger partial charge in [-0.2, -0.15) is 9.97 Å². The van der Waals surface area contributed by atoms with Gasteiger partial charge < -0.3 is 9.05 Å². The van der Waals surface area contributed by atoms with Crippen LogP contribution in [0.1, 0.15) is 23.1 Å². The van der Waals surface area contributed by atoms with Gasteiger partial charge in [0.2, 0.25) is 5.89 Å². The van der Waals surface area contributed by atoms with Gasteiger partial charge in [0.15, 0.2) is 11.6 Å². The maximum Gasteiger partial charge on any atom is 0.268 e. The highest BCUT2D eigenvalue weighted by atomic mass is 32.2. The number of benzene rings is 1. The van der Waals surface area contributed by atoms with E-state index in [1.807, 2.05) is 47.8 Å². The zero-order chi connectivity index (χ0) is 16.9. The molecule has 3 heterocycles. The number of nitrogens with zero attached hydrogens (tertiary/aromatic N) is 4. The Morgan fingerprint density at radius 2 is 1.76 bits per heavy atom. The lowest BCUT2D eigenvalue weighted by atomic mass is 10.1. The number of thiophene rings is 1. The lowest BCUT2D eigenvalue weighted by molar-refractivity contribution is 0.385. The van der Waals surface area contributed by atoms with Crippen molar-refractivity contribution in [2.75, 3.05) is 0 Å². The molecule has 0 atom stereocenters. The van der Waals surface area contributed by atoms with Crippen LogP contribution in [-0.4, -0.2) is 20.3 Å². The van der Waals surface area contributed by atoms with Crippen LogP contribution in [0.25, 0.3) is 10.8 Å². The third-order valence-electron chi connectivity index (χ3n) is 3.37. The third-order valence-corrected chi connectivity index (χ3v) is 5.14. The van der Waals surface area contributed by atoms with Crippen LogP contribution in [0.4, 0.5) is 0 Å². The van der Waals surface area contributed by atoms with Gasteiger partial charge in [0.25, 0.3) is 5.89 Å². The monoisotopic (exact) mass is 370 g/mol. The first-order chi connectivity index (χ1) is 12.4. The molecular formula is C17H14N4O2S2. The highest BCUT2D eigenvalue weighted by Crippen LogP contribution is 2.24. The van der Waals surface area contributed by atoms with Gasteiger partial charge in [-0.3, -0.25) is 0 Å². The molecule has 3 aromatic heterocycles. The number of hydrogen-bond donors (Lipinski definition) is 0. The van der Waals surface area contributed by atoms with Crippen molar-refractivity contribution in [1.82, 2.24) is 20.3 Å². The maximum atomic E-state index is 5.29. The van der Waals surface area contributed by atoms with Gasteiger partial charge in [0, 0.05) is 6.42 Å². The van der Waals surface area contributed by atoms with Crippen molar-refractivity contribution in [3.63, 3.8) is 0 Å². The van der Waals surface area contributed by atoms with E-state index in [4.69, 9.17) is 9.05 Å². The molecule has 6 nitrogen and oxygen atoms in total. The van der Waals surface area contributed by atoms with Gasteiger partial charge in [-0.05, 0) is 17.0 Å². The summed E-state index contributed by atoms with van der Waals surface area (Å²) in [5.41, 5.74) is 1.16. The molecule has 0 fully saturated rings. The average Bonchev–Trinajstić information content (AvgIpc) is 3.37. The quantitative estimate of drug-likeness (QED) is 0.482. The average molecular weight is 370 g/mol. The summed E-state index contributed by atoms with van der Waals surface area (Å²) in [5.74, 6) is 3.78. The first-order valence-corrected chi connectivity index (χ1v) is 9.70. The molecule has 126 valence electrons. The fourth-order valence-corrected chi connectivity index (χ4v) is 3.58. The van der Waals surface area contributed by atoms with Crippen LogP contribution < -0.4 is 0 Å². The first-order valence-electron chi connectivity index (χ1n) is 7.66. The van der Waals surface area contributed by atoms with E-state index in [1.165, 1.54) is 0 Å². The van der Waals surface area contributed by atoms with E-state index in [9.17, 15) is 0 Å². The van der Waals surface area contributed by atoms with Crippen molar-refractivity contribution in [2.24, 2.45) is 0 Å². The van der Waals surface area contributed by atoms with E-state index in [0.29, 0.717) is 41.4 Å². The van der Waals surface area contributed by atoms with E-state index < -0.39 is 0 Å². The Hall–Kier alpha value is -2.45. The highest BCUT2D eigenvalue weighted by Gasteiger charge is 2.11. The predicted molar refractivity (Wildman–Crippen MR) is 96.2 cm³/mol. The van der Waals surface area contributed by atoms with E-state index in [2.05, 4.69) is 20.3 Å². The summed E-state index contributed by atoms with van der Waals surface area (Å²) in [6, 6.07) is 14.0. The summed E-state index contributed by atoms with van der Waals surface area (Å²) in [6.45, 7) is 0. The fraction of sp³-hybridized carbons (Fsp3) is 0.176. The van der Waals surface area contributed by atoms with Crippen LogP contribution in [0.2, 0.25) is 0 Å². The minimum atomic E-state index is 0.563. The van der Waals surface area contributed by atoms with Crippen LogP contribution in [-0.2, 0) is 17.9 Å². The second-order valence-corrected chi connectivity index (χ2v) is 7.19. The third kappa shape index (κ3) is 4.15. The van der Waals surface area contributed by atoms with E-state index in [0.717, 1.165) is 10.4 Å². The topological polar surface area (TPSA) is 77.8 Å². The van der Waals surface area contributed by atoms with Crippen molar-refractivity contribution >= 4 is 23.1 Å².